The van der Waals surface area contributed by atoms with Crippen LogP contribution in [0.3, 0.4) is 0 Å². The predicted octanol–water partition coefficient (Wildman–Crippen LogP) is 2.62. The number of carbonyl (C=O) groups excluding carboxylic acids is 1. The Labute approximate surface area is 152 Å². The summed E-state index contributed by atoms with van der Waals surface area (Å²) in [4.78, 5) is 21.1. The maximum absolute atomic E-state index is 13.7. The summed E-state index contributed by atoms with van der Waals surface area (Å²) < 4.78 is 19.2. The van der Waals surface area contributed by atoms with Crippen molar-refractivity contribution in [3.8, 4) is 0 Å². The average Bonchev–Trinajstić information content (AvgIpc) is 2.65. The van der Waals surface area contributed by atoms with Gasteiger partial charge in [-0.15, -0.1) is 0 Å². The number of likely N-dealkylation sites (tertiary alicyclic amines) is 1. The number of nitrogens with zero attached hydrogens (tertiary/aromatic N) is 3. The van der Waals surface area contributed by atoms with Crippen LogP contribution in [0.4, 0.5) is 10.1 Å². The van der Waals surface area contributed by atoms with Crippen LogP contribution >= 0.6 is 0 Å². The van der Waals surface area contributed by atoms with Gasteiger partial charge >= 0.3 is 0 Å². The number of carbonyl (C=O) groups is 1. The van der Waals surface area contributed by atoms with E-state index < -0.39 is 6.10 Å². The molecule has 2 saturated heterocycles. The van der Waals surface area contributed by atoms with Gasteiger partial charge in [0.25, 0.3) is 5.91 Å². The first-order valence-electron chi connectivity index (χ1n) is 8.89. The van der Waals surface area contributed by atoms with Crippen molar-refractivity contribution in [2.45, 2.75) is 31.0 Å². The molecule has 1 spiro atoms. The maximum atomic E-state index is 13.7. The number of amides is 1. The Balaban J connectivity index is 1.52. The van der Waals surface area contributed by atoms with Crippen LogP contribution in [0.25, 0.3) is 0 Å². The summed E-state index contributed by atoms with van der Waals surface area (Å²) in [6.45, 7) is 2.48. The number of rotatable bonds is 4. The van der Waals surface area contributed by atoms with E-state index in [0.717, 1.165) is 38.2 Å². The number of aromatic nitrogens is 1. The molecule has 0 bridgehead atoms. The highest BCUT2D eigenvalue weighted by Crippen LogP contribution is 2.45. The van der Waals surface area contributed by atoms with Gasteiger partial charge in [0.05, 0.1) is 11.2 Å². The first-order chi connectivity index (χ1) is 12.6. The zero-order chi connectivity index (χ0) is 18.1. The highest BCUT2D eigenvalue weighted by atomic mass is 19.1. The minimum absolute atomic E-state index is 0.0868. The van der Waals surface area contributed by atoms with Gasteiger partial charge in [-0.3, -0.25) is 14.7 Å². The zero-order valence-corrected chi connectivity index (χ0v) is 14.8. The van der Waals surface area contributed by atoms with Gasteiger partial charge in [0.2, 0.25) is 0 Å². The second kappa shape index (κ2) is 6.78. The average molecular weight is 355 g/mol. The summed E-state index contributed by atoms with van der Waals surface area (Å²) in [6.07, 6.45) is 2.93. The molecule has 3 heterocycles. The van der Waals surface area contributed by atoms with Crippen molar-refractivity contribution in [2.75, 3.05) is 25.1 Å². The van der Waals surface area contributed by atoms with Crippen molar-refractivity contribution < 1.29 is 13.9 Å². The topological polar surface area (TPSA) is 45.7 Å². The summed E-state index contributed by atoms with van der Waals surface area (Å²) >= 11 is 0. The van der Waals surface area contributed by atoms with E-state index in [1.807, 2.05) is 18.2 Å². The number of halogens is 1. The zero-order valence-electron chi connectivity index (χ0n) is 14.8. The van der Waals surface area contributed by atoms with Crippen molar-refractivity contribution in [1.29, 1.82) is 0 Å². The van der Waals surface area contributed by atoms with Gasteiger partial charge < -0.3 is 9.64 Å². The third-order valence-electron chi connectivity index (χ3n) is 5.51. The molecule has 5 nitrogen and oxygen atoms in total. The van der Waals surface area contributed by atoms with Gasteiger partial charge in [0, 0.05) is 38.6 Å². The Bertz CT molecular complexity index is 791. The van der Waals surface area contributed by atoms with E-state index in [0.29, 0.717) is 5.69 Å². The number of methoxy groups -OCH3 is 1. The lowest BCUT2D eigenvalue weighted by molar-refractivity contribution is -0.151. The Morgan fingerprint density at radius 1 is 1.23 bits per heavy atom. The molecule has 0 N–H and O–H groups in total. The summed E-state index contributed by atoms with van der Waals surface area (Å²) in [5.74, 6) is -0.421. The number of pyridine rings is 1. The fraction of sp³-hybridized carbons (Fsp3) is 0.400. The molecule has 2 aliphatic heterocycles. The molecule has 0 aliphatic carbocycles. The SMILES string of the molecule is COC1C(=O)N(c2cccc(F)c2)C12CCN(Cc1ccccn1)CC2. The summed E-state index contributed by atoms with van der Waals surface area (Å²) in [5, 5.41) is 0. The molecule has 2 aromatic rings. The lowest BCUT2D eigenvalue weighted by Crippen LogP contribution is -2.77. The fourth-order valence-electron chi connectivity index (χ4n) is 4.24. The van der Waals surface area contributed by atoms with Gasteiger partial charge in [-0.25, -0.2) is 4.39 Å². The number of piperidine rings is 1. The Morgan fingerprint density at radius 3 is 2.69 bits per heavy atom. The van der Waals surface area contributed by atoms with Crippen LogP contribution in [0, 0.1) is 5.82 Å². The largest absolute Gasteiger partial charge is 0.369 e. The van der Waals surface area contributed by atoms with E-state index in [4.69, 9.17) is 4.74 Å². The number of hydrogen-bond acceptors (Lipinski definition) is 4. The molecule has 2 aliphatic rings. The summed E-state index contributed by atoms with van der Waals surface area (Å²) in [6, 6.07) is 12.2. The Hall–Kier alpha value is -2.31. The van der Waals surface area contributed by atoms with E-state index in [-0.39, 0.29) is 17.3 Å². The monoisotopic (exact) mass is 355 g/mol. The Morgan fingerprint density at radius 2 is 2.04 bits per heavy atom. The molecule has 1 aromatic carbocycles. The van der Waals surface area contributed by atoms with Gasteiger partial charge in [0.1, 0.15) is 5.82 Å². The fourth-order valence-corrected chi connectivity index (χ4v) is 4.24. The van der Waals surface area contributed by atoms with Gasteiger partial charge in [-0.2, -0.15) is 0 Å². The van der Waals surface area contributed by atoms with E-state index >= 15 is 0 Å². The van der Waals surface area contributed by atoms with Crippen molar-refractivity contribution in [2.24, 2.45) is 0 Å². The van der Waals surface area contributed by atoms with Crippen LogP contribution in [-0.4, -0.2) is 47.6 Å². The number of hydrogen-bond donors (Lipinski definition) is 0. The molecule has 0 saturated carbocycles. The first kappa shape index (κ1) is 17.1. The lowest BCUT2D eigenvalue weighted by atomic mass is 9.72. The van der Waals surface area contributed by atoms with Crippen molar-refractivity contribution in [3.05, 3.63) is 60.2 Å². The molecule has 0 radical (unpaired) electrons. The number of benzene rings is 1. The normalized spacial score (nSPS) is 22.5. The smallest absolute Gasteiger partial charge is 0.259 e. The molecule has 26 heavy (non-hydrogen) atoms. The van der Waals surface area contributed by atoms with E-state index in [1.54, 1.807) is 30.3 Å². The van der Waals surface area contributed by atoms with Crippen molar-refractivity contribution in [1.82, 2.24) is 9.88 Å². The van der Waals surface area contributed by atoms with Crippen molar-refractivity contribution in [3.63, 3.8) is 0 Å². The minimum Gasteiger partial charge on any atom is -0.369 e. The molecular weight excluding hydrogens is 333 g/mol. The highest BCUT2D eigenvalue weighted by Gasteiger charge is 2.61. The molecule has 6 heteroatoms. The first-order valence-corrected chi connectivity index (χ1v) is 8.89. The number of ether oxygens (including phenoxy) is 1. The standard InChI is InChI=1S/C20H22FN3O2/c1-26-18-19(25)24(17-7-4-5-15(21)13-17)20(18)8-11-23(12-9-20)14-16-6-2-3-10-22-16/h2-7,10,13,18H,8-9,11-12,14H2,1H3. The summed E-state index contributed by atoms with van der Waals surface area (Å²) in [5.41, 5.74) is 1.26. The molecule has 2 fully saturated rings. The Kier molecular flexibility index (Phi) is 4.46. The van der Waals surface area contributed by atoms with E-state index in [9.17, 15) is 9.18 Å². The molecule has 136 valence electrons. The highest BCUT2D eigenvalue weighted by molar-refractivity contribution is 6.06. The molecule has 1 aromatic heterocycles. The van der Waals surface area contributed by atoms with Gasteiger partial charge in [-0.05, 0) is 43.2 Å². The lowest BCUT2D eigenvalue weighted by Gasteiger charge is -2.59. The van der Waals surface area contributed by atoms with Crippen LogP contribution in [-0.2, 0) is 16.1 Å². The van der Waals surface area contributed by atoms with Crippen LogP contribution in [0.2, 0.25) is 0 Å². The second-order valence-electron chi connectivity index (χ2n) is 6.97. The van der Waals surface area contributed by atoms with Gasteiger partial charge in [-0.1, -0.05) is 12.1 Å². The maximum Gasteiger partial charge on any atom is 0.259 e. The van der Waals surface area contributed by atoms with Crippen LogP contribution < -0.4 is 4.90 Å². The van der Waals surface area contributed by atoms with Gasteiger partial charge in [0.15, 0.2) is 6.10 Å². The minimum atomic E-state index is -0.456. The van der Waals surface area contributed by atoms with E-state index in [1.165, 1.54) is 12.1 Å². The summed E-state index contributed by atoms with van der Waals surface area (Å²) in [7, 11) is 1.58. The van der Waals surface area contributed by atoms with Crippen molar-refractivity contribution >= 4 is 11.6 Å². The predicted molar refractivity (Wildman–Crippen MR) is 96.2 cm³/mol. The van der Waals surface area contributed by atoms with E-state index in [2.05, 4.69) is 9.88 Å². The molecule has 1 unspecified atom stereocenters. The second-order valence-corrected chi connectivity index (χ2v) is 6.97. The van der Waals surface area contributed by atoms with Crippen LogP contribution in [0.1, 0.15) is 18.5 Å². The quantitative estimate of drug-likeness (QED) is 0.791. The van der Waals surface area contributed by atoms with Crippen LogP contribution in [0.15, 0.2) is 48.7 Å². The molecule has 1 amide bonds. The number of anilines is 1. The third-order valence-corrected chi connectivity index (χ3v) is 5.51. The molecular formula is C20H22FN3O2. The van der Waals surface area contributed by atoms with Crippen LogP contribution in [0.5, 0.6) is 0 Å². The number of β-lactam (4-membered cyclic amide) rings is 1. The third kappa shape index (κ3) is 2.79. The molecule has 4 rings (SSSR count). The molecule has 1 atom stereocenters.